The summed E-state index contributed by atoms with van der Waals surface area (Å²) in [4.78, 5) is 23.6. The molecule has 1 N–H and O–H groups in total. The standard InChI is InChI=1S/C18H19NO4S/c1-23-18(21)15-8-6-13(7-9-15)11-19-17(20)16-5-3-4-14(10-16)12-24(2)22/h3-10H,11-12H2,1-2H3,(H,19,20)/t24-/m0/s1. The van der Waals surface area contributed by atoms with Crippen LogP contribution in [0.25, 0.3) is 0 Å². The Hall–Kier alpha value is -2.47. The van der Waals surface area contributed by atoms with Gasteiger partial charge in [-0.15, -0.1) is 0 Å². The van der Waals surface area contributed by atoms with Crippen molar-refractivity contribution in [2.45, 2.75) is 12.3 Å². The Morgan fingerprint density at radius 2 is 1.75 bits per heavy atom. The molecule has 0 aliphatic heterocycles. The third-order valence-corrected chi connectivity index (χ3v) is 4.13. The predicted octanol–water partition coefficient (Wildman–Crippen LogP) is 2.28. The number of amides is 1. The number of hydrogen-bond acceptors (Lipinski definition) is 4. The zero-order valence-electron chi connectivity index (χ0n) is 13.6. The van der Waals surface area contributed by atoms with Crippen molar-refractivity contribution in [3.05, 3.63) is 70.8 Å². The Morgan fingerprint density at radius 1 is 1.04 bits per heavy atom. The molecule has 0 bridgehead atoms. The summed E-state index contributed by atoms with van der Waals surface area (Å²) < 4.78 is 15.9. The van der Waals surface area contributed by atoms with Gasteiger partial charge in [-0.1, -0.05) is 24.3 Å². The van der Waals surface area contributed by atoms with Crippen LogP contribution in [0.15, 0.2) is 48.5 Å². The van der Waals surface area contributed by atoms with Crippen molar-refractivity contribution in [1.82, 2.24) is 5.32 Å². The van der Waals surface area contributed by atoms with Crippen molar-refractivity contribution >= 4 is 22.7 Å². The highest BCUT2D eigenvalue weighted by atomic mass is 32.2. The van der Waals surface area contributed by atoms with E-state index in [9.17, 15) is 13.8 Å². The molecule has 0 fully saturated rings. The lowest BCUT2D eigenvalue weighted by Crippen LogP contribution is -2.23. The summed E-state index contributed by atoms with van der Waals surface area (Å²) in [6, 6.07) is 13.9. The van der Waals surface area contributed by atoms with Crippen molar-refractivity contribution in [3.8, 4) is 0 Å². The maximum absolute atomic E-state index is 12.2. The molecule has 2 aromatic carbocycles. The van der Waals surface area contributed by atoms with E-state index in [1.807, 2.05) is 6.07 Å². The Bertz CT molecular complexity index is 756. The van der Waals surface area contributed by atoms with Crippen molar-refractivity contribution in [1.29, 1.82) is 0 Å². The number of esters is 1. The van der Waals surface area contributed by atoms with Crippen LogP contribution in [0.2, 0.25) is 0 Å². The third-order valence-electron chi connectivity index (χ3n) is 3.39. The fourth-order valence-electron chi connectivity index (χ4n) is 2.20. The topological polar surface area (TPSA) is 72.5 Å². The van der Waals surface area contributed by atoms with E-state index in [1.54, 1.807) is 48.7 Å². The predicted molar refractivity (Wildman–Crippen MR) is 93.2 cm³/mol. The lowest BCUT2D eigenvalue weighted by atomic mass is 10.1. The smallest absolute Gasteiger partial charge is 0.337 e. The molecule has 2 aromatic rings. The highest BCUT2D eigenvalue weighted by Gasteiger charge is 2.08. The normalized spacial score (nSPS) is 11.6. The molecule has 5 nitrogen and oxygen atoms in total. The van der Waals surface area contributed by atoms with Crippen LogP contribution in [0.1, 0.15) is 31.8 Å². The molecule has 0 aliphatic carbocycles. The molecule has 0 aliphatic rings. The third kappa shape index (κ3) is 5.03. The van der Waals surface area contributed by atoms with Gasteiger partial charge in [0.15, 0.2) is 0 Å². The Balaban J connectivity index is 1.97. The SMILES string of the molecule is COC(=O)c1ccc(CNC(=O)c2cccc(C[S@](C)=O)c2)cc1. The molecule has 0 heterocycles. The fourth-order valence-corrected chi connectivity index (χ4v) is 2.85. The first-order chi connectivity index (χ1) is 11.5. The number of ether oxygens (including phenoxy) is 1. The first-order valence-corrected chi connectivity index (χ1v) is 9.06. The number of carbonyl (C=O) groups is 2. The number of carbonyl (C=O) groups excluding carboxylic acids is 2. The quantitative estimate of drug-likeness (QED) is 0.815. The van der Waals surface area contributed by atoms with Gasteiger partial charge in [-0.05, 0) is 35.4 Å². The molecule has 6 heteroatoms. The van der Waals surface area contributed by atoms with E-state index in [0.717, 1.165) is 11.1 Å². The van der Waals surface area contributed by atoms with Gasteiger partial charge in [0.1, 0.15) is 0 Å². The number of rotatable bonds is 6. The average molecular weight is 345 g/mol. The second-order valence-electron chi connectivity index (χ2n) is 5.29. The van der Waals surface area contributed by atoms with E-state index in [2.05, 4.69) is 10.1 Å². The molecular weight excluding hydrogens is 326 g/mol. The molecule has 0 spiro atoms. The number of methoxy groups -OCH3 is 1. The fraction of sp³-hybridized carbons (Fsp3) is 0.222. The second kappa shape index (κ2) is 8.40. The summed E-state index contributed by atoms with van der Waals surface area (Å²) in [6.45, 7) is 0.351. The van der Waals surface area contributed by atoms with E-state index >= 15 is 0 Å². The molecule has 2 rings (SSSR count). The Morgan fingerprint density at radius 3 is 2.38 bits per heavy atom. The zero-order valence-corrected chi connectivity index (χ0v) is 14.4. The highest BCUT2D eigenvalue weighted by molar-refractivity contribution is 7.83. The van der Waals surface area contributed by atoms with E-state index in [-0.39, 0.29) is 5.91 Å². The van der Waals surface area contributed by atoms with Crippen LogP contribution in [0, 0.1) is 0 Å². The second-order valence-corrected chi connectivity index (χ2v) is 6.72. The van der Waals surface area contributed by atoms with Crippen LogP contribution in [0.4, 0.5) is 0 Å². The maximum Gasteiger partial charge on any atom is 0.337 e. The van der Waals surface area contributed by atoms with Crippen molar-refractivity contribution < 1.29 is 18.5 Å². The van der Waals surface area contributed by atoms with Gasteiger partial charge in [-0.2, -0.15) is 0 Å². The molecule has 126 valence electrons. The first-order valence-electron chi connectivity index (χ1n) is 7.34. The summed E-state index contributed by atoms with van der Waals surface area (Å²) in [5.41, 5.74) is 2.74. The van der Waals surface area contributed by atoms with Gasteiger partial charge >= 0.3 is 5.97 Å². The summed E-state index contributed by atoms with van der Waals surface area (Å²) in [5, 5.41) is 2.83. The van der Waals surface area contributed by atoms with Crippen molar-refractivity contribution in [2.24, 2.45) is 0 Å². The van der Waals surface area contributed by atoms with Crippen LogP contribution in [0.3, 0.4) is 0 Å². The average Bonchev–Trinajstić information content (AvgIpc) is 2.59. The molecule has 1 atom stereocenters. The summed E-state index contributed by atoms with van der Waals surface area (Å²) in [5.74, 6) is -0.165. The lowest BCUT2D eigenvalue weighted by molar-refractivity contribution is 0.0600. The minimum atomic E-state index is -0.948. The van der Waals surface area contributed by atoms with Crippen LogP contribution in [0.5, 0.6) is 0 Å². The van der Waals surface area contributed by atoms with Gasteiger partial charge in [-0.3, -0.25) is 9.00 Å². The van der Waals surface area contributed by atoms with Crippen LogP contribution >= 0.6 is 0 Å². The minimum Gasteiger partial charge on any atom is -0.465 e. The van der Waals surface area contributed by atoms with E-state index < -0.39 is 16.8 Å². The van der Waals surface area contributed by atoms with Gasteiger partial charge < -0.3 is 10.1 Å². The molecule has 24 heavy (non-hydrogen) atoms. The van der Waals surface area contributed by atoms with Gasteiger partial charge in [-0.25, -0.2) is 4.79 Å². The highest BCUT2D eigenvalue weighted by Crippen LogP contribution is 2.09. The van der Waals surface area contributed by atoms with Crippen molar-refractivity contribution in [3.63, 3.8) is 0 Å². The Labute approximate surface area is 143 Å². The number of hydrogen-bond donors (Lipinski definition) is 1. The summed E-state index contributed by atoms with van der Waals surface area (Å²) in [6.07, 6.45) is 1.63. The van der Waals surface area contributed by atoms with E-state index in [1.165, 1.54) is 7.11 Å². The Kier molecular flexibility index (Phi) is 6.26. The molecule has 0 unspecified atom stereocenters. The van der Waals surface area contributed by atoms with E-state index in [0.29, 0.717) is 23.4 Å². The van der Waals surface area contributed by atoms with Crippen LogP contribution in [-0.4, -0.2) is 29.5 Å². The summed E-state index contributed by atoms with van der Waals surface area (Å²) in [7, 11) is 0.384. The molecule has 0 saturated heterocycles. The zero-order chi connectivity index (χ0) is 17.5. The largest absolute Gasteiger partial charge is 0.465 e. The van der Waals surface area contributed by atoms with Crippen LogP contribution in [-0.2, 0) is 27.8 Å². The lowest BCUT2D eigenvalue weighted by Gasteiger charge is -2.07. The molecular formula is C18H19NO4S. The monoisotopic (exact) mass is 345 g/mol. The van der Waals surface area contributed by atoms with Gasteiger partial charge in [0.05, 0.1) is 12.7 Å². The molecule has 0 saturated carbocycles. The first kappa shape index (κ1) is 17.9. The molecule has 0 aromatic heterocycles. The molecule has 1 amide bonds. The minimum absolute atomic E-state index is 0.198. The van der Waals surface area contributed by atoms with Gasteiger partial charge in [0.25, 0.3) is 5.91 Å². The van der Waals surface area contributed by atoms with E-state index in [4.69, 9.17) is 0 Å². The maximum atomic E-state index is 12.2. The van der Waals surface area contributed by atoms with Crippen molar-refractivity contribution in [2.75, 3.05) is 13.4 Å². The number of benzene rings is 2. The van der Waals surface area contributed by atoms with Gasteiger partial charge in [0, 0.05) is 34.9 Å². The van der Waals surface area contributed by atoms with Gasteiger partial charge in [0.2, 0.25) is 0 Å². The van der Waals surface area contributed by atoms with Crippen LogP contribution < -0.4 is 5.32 Å². The summed E-state index contributed by atoms with van der Waals surface area (Å²) >= 11 is 0. The molecule has 0 radical (unpaired) electrons. The number of nitrogens with one attached hydrogen (secondary N) is 1.